The predicted molar refractivity (Wildman–Crippen MR) is 93.4 cm³/mol. The molecule has 8 nitrogen and oxygen atoms in total. The Hall–Kier alpha value is -4.12. The van der Waals surface area contributed by atoms with E-state index in [1.807, 2.05) is 42.5 Å². The topological polar surface area (TPSA) is 97.6 Å². The van der Waals surface area contributed by atoms with Crippen molar-refractivity contribution in [2.45, 2.75) is 0 Å². The van der Waals surface area contributed by atoms with Crippen LogP contribution in [0.1, 0.15) is 5.56 Å². The van der Waals surface area contributed by atoms with Crippen molar-refractivity contribution >= 4 is 16.4 Å². The zero-order valence-corrected chi connectivity index (χ0v) is 13.4. The number of nitrogens with zero attached hydrogens (tertiary/aromatic N) is 8. The molecule has 2 aromatic carbocycles. The van der Waals surface area contributed by atoms with Crippen molar-refractivity contribution < 1.29 is 0 Å². The molecule has 0 amide bonds. The summed E-state index contributed by atoms with van der Waals surface area (Å²) in [6, 6.07) is 17.3. The molecule has 0 saturated carbocycles. The number of rotatable bonds is 2. The summed E-state index contributed by atoms with van der Waals surface area (Å²) in [7, 11) is 0. The second-order valence-electron chi connectivity index (χ2n) is 5.62. The summed E-state index contributed by atoms with van der Waals surface area (Å²) in [5, 5.41) is 28.3. The van der Waals surface area contributed by atoms with Gasteiger partial charge in [-0.25, -0.2) is 4.98 Å². The van der Waals surface area contributed by atoms with E-state index < -0.39 is 0 Å². The zero-order valence-electron chi connectivity index (χ0n) is 13.4. The van der Waals surface area contributed by atoms with Gasteiger partial charge < -0.3 is 0 Å². The van der Waals surface area contributed by atoms with Gasteiger partial charge in [-0.1, -0.05) is 36.4 Å². The molecule has 5 aromatic rings. The molecule has 0 fully saturated rings. The van der Waals surface area contributed by atoms with Crippen molar-refractivity contribution in [3.05, 3.63) is 66.7 Å². The Morgan fingerprint density at radius 1 is 0.962 bits per heavy atom. The fraction of sp³-hybridized carbons (Fsp3) is 0. The molecular formula is C18H10N8. The number of hydrogen-bond acceptors (Lipinski definition) is 6. The van der Waals surface area contributed by atoms with Gasteiger partial charge in [-0.3, -0.25) is 0 Å². The smallest absolute Gasteiger partial charge is 0.185 e. The Kier molecular flexibility index (Phi) is 2.99. The second-order valence-corrected chi connectivity index (χ2v) is 5.62. The third-order valence-corrected chi connectivity index (χ3v) is 4.18. The van der Waals surface area contributed by atoms with Crippen molar-refractivity contribution in [1.29, 1.82) is 5.26 Å². The standard InChI is InChI=1S/C18H10N8/c19-9-12-5-1-2-6-13(12)16-20-10-22-26(16)18-15-8-4-3-7-14(15)17-23-21-11-25(17)24-18/h1-8,10-11H. The molecule has 0 aliphatic heterocycles. The molecule has 3 aromatic heterocycles. The fourth-order valence-corrected chi connectivity index (χ4v) is 3.02. The van der Waals surface area contributed by atoms with Gasteiger partial charge in [-0.15, -0.1) is 15.3 Å². The summed E-state index contributed by atoms with van der Waals surface area (Å²) in [5.41, 5.74) is 1.89. The number of hydrogen-bond donors (Lipinski definition) is 0. The van der Waals surface area contributed by atoms with Crippen LogP contribution in [0, 0.1) is 11.3 Å². The molecule has 0 saturated heterocycles. The SMILES string of the molecule is N#Cc1ccccc1-c1ncnn1-c1nn2cnnc2c2ccccc12. The first-order chi connectivity index (χ1) is 12.9. The molecule has 0 N–H and O–H groups in total. The first-order valence-electron chi connectivity index (χ1n) is 7.85. The van der Waals surface area contributed by atoms with E-state index in [1.165, 1.54) is 6.33 Å². The van der Waals surface area contributed by atoms with E-state index in [1.54, 1.807) is 21.6 Å². The second kappa shape index (κ2) is 5.46. The number of fused-ring (bicyclic) bond motifs is 3. The summed E-state index contributed by atoms with van der Waals surface area (Å²) in [5.74, 6) is 1.14. The van der Waals surface area contributed by atoms with Crippen molar-refractivity contribution in [1.82, 2.24) is 34.6 Å². The maximum Gasteiger partial charge on any atom is 0.185 e. The molecule has 122 valence electrons. The average molecular weight is 338 g/mol. The van der Waals surface area contributed by atoms with Gasteiger partial charge in [0.15, 0.2) is 17.3 Å². The summed E-state index contributed by atoms with van der Waals surface area (Å²) in [6.07, 6.45) is 3.00. The Labute approximate surface area is 147 Å². The van der Waals surface area contributed by atoms with Crippen LogP contribution in [0.4, 0.5) is 0 Å². The summed E-state index contributed by atoms with van der Waals surface area (Å²) in [6.45, 7) is 0. The van der Waals surface area contributed by atoms with Crippen molar-refractivity contribution in [2.75, 3.05) is 0 Å². The minimum atomic E-state index is 0.524. The van der Waals surface area contributed by atoms with Crippen LogP contribution in [0.15, 0.2) is 61.2 Å². The molecule has 0 spiro atoms. The van der Waals surface area contributed by atoms with Gasteiger partial charge in [0.2, 0.25) is 0 Å². The van der Waals surface area contributed by atoms with Crippen LogP contribution in [0.3, 0.4) is 0 Å². The van der Waals surface area contributed by atoms with Gasteiger partial charge in [0.25, 0.3) is 0 Å². The highest BCUT2D eigenvalue weighted by Gasteiger charge is 2.18. The number of aromatic nitrogens is 7. The summed E-state index contributed by atoms with van der Waals surface area (Å²) >= 11 is 0. The maximum absolute atomic E-state index is 9.42. The Morgan fingerprint density at radius 2 is 1.77 bits per heavy atom. The number of benzene rings is 2. The average Bonchev–Trinajstić information content (AvgIpc) is 3.36. The lowest BCUT2D eigenvalue weighted by Gasteiger charge is -2.10. The van der Waals surface area contributed by atoms with Gasteiger partial charge in [0.05, 0.1) is 11.6 Å². The van der Waals surface area contributed by atoms with Gasteiger partial charge >= 0.3 is 0 Å². The lowest BCUT2D eigenvalue weighted by atomic mass is 10.1. The minimum Gasteiger partial charge on any atom is -0.215 e. The van der Waals surface area contributed by atoms with Crippen LogP contribution in [0.5, 0.6) is 0 Å². The lowest BCUT2D eigenvalue weighted by Crippen LogP contribution is -2.07. The summed E-state index contributed by atoms with van der Waals surface area (Å²) in [4.78, 5) is 4.37. The Morgan fingerprint density at radius 3 is 2.65 bits per heavy atom. The van der Waals surface area contributed by atoms with E-state index in [0.717, 1.165) is 10.8 Å². The highest BCUT2D eigenvalue weighted by molar-refractivity contribution is 5.97. The third kappa shape index (κ3) is 1.98. The van der Waals surface area contributed by atoms with E-state index >= 15 is 0 Å². The Bertz CT molecular complexity index is 1310. The molecule has 0 atom stereocenters. The highest BCUT2D eigenvalue weighted by Crippen LogP contribution is 2.27. The molecule has 3 heterocycles. The monoisotopic (exact) mass is 338 g/mol. The predicted octanol–water partition coefficient (Wildman–Crippen LogP) is 2.40. The van der Waals surface area contributed by atoms with Gasteiger partial charge in [-0.05, 0) is 12.1 Å². The molecule has 8 heteroatoms. The van der Waals surface area contributed by atoms with Gasteiger partial charge in [0.1, 0.15) is 12.7 Å². The molecule has 0 bridgehead atoms. The van der Waals surface area contributed by atoms with Gasteiger partial charge in [0, 0.05) is 16.3 Å². The molecule has 0 aliphatic rings. The van der Waals surface area contributed by atoms with Crippen molar-refractivity contribution in [3.63, 3.8) is 0 Å². The van der Waals surface area contributed by atoms with Crippen molar-refractivity contribution in [3.8, 4) is 23.3 Å². The molecule has 0 unspecified atom stereocenters. The lowest BCUT2D eigenvalue weighted by molar-refractivity contribution is 0.806. The highest BCUT2D eigenvalue weighted by atomic mass is 15.4. The van der Waals surface area contributed by atoms with Crippen LogP contribution >= 0.6 is 0 Å². The van der Waals surface area contributed by atoms with E-state index in [4.69, 9.17) is 0 Å². The fourth-order valence-electron chi connectivity index (χ4n) is 3.02. The molecular weight excluding hydrogens is 328 g/mol. The van der Waals surface area contributed by atoms with Crippen molar-refractivity contribution in [2.24, 2.45) is 0 Å². The molecule has 5 rings (SSSR count). The van der Waals surface area contributed by atoms with E-state index in [-0.39, 0.29) is 0 Å². The number of nitriles is 1. The van der Waals surface area contributed by atoms with E-state index in [2.05, 4.69) is 31.4 Å². The van der Waals surface area contributed by atoms with Crippen LogP contribution < -0.4 is 0 Å². The first-order valence-corrected chi connectivity index (χ1v) is 7.85. The van der Waals surface area contributed by atoms with E-state index in [9.17, 15) is 5.26 Å². The first kappa shape index (κ1) is 14.2. The molecule has 26 heavy (non-hydrogen) atoms. The largest absolute Gasteiger partial charge is 0.215 e. The van der Waals surface area contributed by atoms with Gasteiger partial charge in [-0.2, -0.15) is 19.6 Å². The van der Waals surface area contributed by atoms with Crippen LogP contribution in [0.25, 0.3) is 33.6 Å². The third-order valence-electron chi connectivity index (χ3n) is 4.18. The molecule has 0 aliphatic carbocycles. The Balaban J connectivity index is 1.85. The molecule has 0 radical (unpaired) electrons. The normalized spacial score (nSPS) is 11.0. The van der Waals surface area contributed by atoms with Crippen LogP contribution in [-0.4, -0.2) is 34.6 Å². The van der Waals surface area contributed by atoms with E-state index in [0.29, 0.717) is 28.4 Å². The maximum atomic E-state index is 9.42. The minimum absolute atomic E-state index is 0.524. The van der Waals surface area contributed by atoms with Crippen LogP contribution in [0.2, 0.25) is 0 Å². The summed E-state index contributed by atoms with van der Waals surface area (Å²) < 4.78 is 3.25. The quantitative estimate of drug-likeness (QED) is 0.490. The van der Waals surface area contributed by atoms with Crippen LogP contribution in [-0.2, 0) is 0 Å². The zero-order chi connectivity index (χ0) is 17.5.